The number of fused-ring (bicyclic) bond motifs is 1. The van der Waals surface area contributed by atoms with Crippen molar-refractivity contribution in [2.75, 3.05) is 12.4 Å². The van der Waals surface area contributed by atoms with Gasteiger partial charge in [0.2, 0.25) is 0 Å². The summed E-state index contributed by atoms with van der Waals surface area (Å²) in [6, 6.07) is 9.54. The molecule has 1 aromatic carbocycles. The second-order valence-corrected chi connectivity index (χ2v) is 7.10. The summed E-state index contributed by atoms with van der Waals surface area (Å²) < 4.78 is 18.1. The zero-order chi connectivity index (χ0) is 16.2. The first-order valence-electron chi connectivity index (χ1n) is 7.88. The van der Waals surface area contributed by atoms with Gasteiger partial charge in [0.1, 0.15) is 11.5 Å². The van der Waals surface area contributed by atoms with E-state index in [2.05, 4.69) is 23.9 Å². The third kappa shape index (κ3) is 3.49. The first-order chi connectivity index (χ1) is 11.2. The highest BCUT2D eigenvalue weighted by molar-refractivity contribution is 7.99. The molecule has 7 heteroatoms. The molecule has 0 bridgehead atoms. The molecule has 0 N–H and O–H groups in total. The van der Waals surface area contributed by atoms with E-state index in [1.807, 2.05) is 30.3 Å². The smallest absolute Gasteiger partial charge is 0.184 e. The number of benzene rings is 1. The first kappa shape index (κ1) is 16.6. The summed E-state index contributed by atoms with van der Waals surface area (Å²) in [5.74, 6) is 1.04. The Morgan fingerprint density at radius 1 is 1.30 bits per heavy atom. The van der Waals surface area contributed by atoms with Crippen molar-refractivity contribution >= 4 is 11.8 Å². The van der Waals surface area contributed by atoms with Crippen molar-refractivity contribution in [2.24, 2.45) is 11.0 Å². The third-order valence-electron chi connectivity index (χ3n) is 4.26. The van der Waals surface area contributed by atoms with Gasteiger partial charge in [0.25, 0.3) is 0 Å². The summed E-state index contributed by atoms with van der Waals surface area (Å²) in [5, 5.41) is 4.02. The molecule has 0 aromatic heterocycles. The summed E-state index contributed by atoms with van der Waals surface area (Å²) in [6.07, 6.45) is -0.931. The highest BCUT2D eigenvalue weighted by atomic mass is 32.2. The molecule has 2 aliphatic rings. The van der Waals surface area contributed by atoms with Crippen LogP contribution in [0.25, 0.3) is 10.4 Å². The number of ether oxygens (including phenoxy) is 3. The molecule has 23 heavy (non-hydrogen) atoms. The van der Waals surface area contributed by atoms with Crippen LogP contribution < -0.4 is 0 Å². The van der Waals surface area contributed by atoms with Crippen molar-refractivity contribution in [3.63, 3.8) is 0 Å². The lowest BCUT2D eigenvalue weighted by Gasteiger charge is -2.47. The maximum atomic E-state index is 8.95. The van der Waals surface area contributed by atoms with Gasteiger partial charge in [-0.2, -0.15) is 0 Å². The molecule has 2 heterocycles. The highest BCUT2D eigenvalue weighted by Gasteiger charge is 2.47. The summed E-state index contributed by atoms with van der Waals surface area (Å²) in [6.45, 7) is 4.59. The fourth-order valence-electron chi connectivity index (χ4n) is 3.09. The van der Waals surface area contributed by atoms with Crippen molar-refractivity contribution in [3.8, 4) is 0 Å². The van der Waals surface area contributed by atoms with E-state index < -0.39 is 6.29 Å². The zero-order valence-corrected chi connectivity index (χ0v) is 14.1. The normalized spacial score (nSPS) is 36.8. The van der Waals surface area contributed by atoms with Crippen LogP contribution in [-0.4, -0.2) is 36.0 Å². The van der Waals surface area contributed by atoms with E-state index >= 15 is 0 Å². The minimum Gasteiger partial charge on any atom is -0.359 e. The van der Waals surface area contributed by atoms with Gasteiger partial charge in [0, 0.05) is 16.4 Å². The van der Waals surface area contributed by atoms with Crippen LogP contribution in [0.2, 0.25) is 0 Å². The fraction of sp³-hybridized carbons (Fsp3) is 0.625. The number of hydrogen-bond donors (Lipinski definition) is 0. The van der Waals surface area contributed by atoms with Gasteiger partial charge in [-0.05, 0) is 11.3 Å². The molecule has 2 saturated heterocycles. The standard InChI is InChI=1S/C16H21N3O3S/c1-3-23-16-10(2)13(18-19-17)14-12(21-16)9-20-15(22-14)11-7-5-4-6-8-11/h4-8,10,12-16H,3,9H2,1-2H3/t10-,12?,13+,14+,15?,16?/m0/s1. The molecule has 3 unspecified atom stereocenters. The summed E-state index contributed by atoms with van der Waals surface area (Å²) in [5.41, 5.74) is 9.91. The van der Waals surface area contributed by atoms with Crippen molar-refractivity contribution < 1.29 is 14.2 Å². The van der Waals surface area contributed by atoms with E-state index in [1.54, 1.807) is 11.8 Å². The van der Waals surface area contributed by atoms with Crippen molar-refractivity contribution in [1.29, 1.82) is 0 Å². The Kier molecular flexibility index (Phi) is 5.46. The molecule has 0 amide bonds. The Morgan fingerprint density at radius 3 is 2.78 bits per heavy atom. The van der Waals surface area contributed by atoms with Crippen LogP contribution >= 0.6 is 11.8 Å². The molecule has 2 aliphatic heterocycles. The van der Waals surface area contributed by atoms with Gasteiger partial charge < -0.3 is 14.2 Å². The second kappa shape index (κ2) is 7.55. The van der Waals surface area contributed by atoms with E-state index in [9.17, 15) is 0 Å². The largest absolute Gasteiger partial charge is 0.359 e. The van der Waals surface area contributed by atoms with Crippen molar-refractivity contribution in [2.45, 2.75) is 43.8 Å². The monoisotopic (exact) mass is 335 g/mol. The van der Waals surface area contributed by atoms with E-state index in [-0.39, 0.29) is 29.6 Å². The van der Waals surface area contributed by atoms with Crippen LogP contribution in [0.1, 0.15) is 25.7 Å². The maximum absolute atomic E-state index is 8.95. The minimum absolute atomic E-state index is 0.00257. The Morgan fingerprint density at radius 2 is 2.09 bits per heavy atom. The zero-order valence-electron chi connectivity index (χ0n) is 13.2. The van der Waals surface area contributed by atoms with E-state index in [4.69, 9.17) is 19.7 Å². The lowest BCUT2D eigenvalue weighted by molar-refractivity contribution is -0.291. The van der Waals surface area contributed by atoms with Gasteiger partial charge in [-0.3, -0.25) is 0 Å². The summed E-state index contributed by atoms with van der Waals surface area (Å²) in [4.78, 5) is 3.03. The molecule has 3 rings (SSSR count). The van der Waals surface area contributed by atoms with Gasteiger partial charge in [0.15, 0.2) is 6.29 Å². The molecule has 0 aliphatic carbocycles. The average molecular weight is 335 g/mol. The molecule has 0 saturated carbocycles. The Labute approximate surface area is 140 Å². The molecular formula is C16H21N3O3S. The van der Waals surface area contributed by atoms with E-state index in [0.717, 1.165) is 11.3 Å². The van der Waals surface area contributed by atoms with Gasteiger partial charge in [-0.15, -0.1) is 11.8 Å². The third-order valence-corrected chi connectivity index (χ3v) is 5.46. The molecular weight excluding hydrogens is 314 g/mol. The first-order valence-corrected chi connectivity index (χ1v) is 8.92. The lowest BCUT2D eigenvalue weighted by atomic mass is 9.91. The Balaban J connectivity index is 1.80. The highest BCUT2D eigenvalue weighted by Crippen LogP contribution is 2.40. The SMILES string of the molecule is CCSC1OC2COC(c3ccccc3)O[C@H]2[C@H](N=[N+]=[N-])[C@@H]1C. The van der Waals surface area contributed by atoms with Gasteiger partial charge in [0.05, 0.1) is 18.8 Å². The van der Waals surface area contributed by atoms with Crippen LogP contribution in [0.3, 0.4) is 0 Å². The van der Waals surface area contributed by atoms with Crippen LogP contribution in [0.15, 0.2) is 35.4 Å². The average Bonchev–Trinajstić information content (AvgIpc) is 2.59. The molecule has 6 nitrogen and oxygen atoms in total. The van der Waals surface area contributed by atoms with E-state index in [1.165, 1.54) is 0 Å². The van der Waals surface area contributed by atoms with Crippen molar-refractivity contribution in [1.82, 2.24) is 0 Å². The number of nitrogens with zero attached hydrogens (tertiary/aromatic N) is 3. The second-order valence-electron chi connectivity index (χ2n) is 5.73. The number of thioether (sulfide) groups is 1. The van der Waals surface area contributed by atoms with Crippen LogP contribution in [0, 0.1) is 5.92 Å². The fourth-order valence-corrected chi connectivity index (χ4v) is 4.11. The van der Waals surface area contributed by atoms with Crippen LogP contribution in [0.4, 0.5) is 0 Å². The quantitative estimate of drug-likeness (QED) is 0.475. The van der Waals surface area contributed by atoms with E-state index in [0.29, 0.717) is 6.61 Å². The Hall–Kier alpha value is -1.24. The Bertz CT molecular complexity index is 567. The van der Waals surface area contributed by atoms with Gasteiger partial charge in [-0.1, -0.05) is 49.3 Å². The molecule has 124 valence electrons. The van der Waals surface area contributed by atoms with Gasteiger partial charge in [-0.25, -0.2) is 0 Å². The van der Waals surface area contributed by atoms with Crippen molar-refractivity contribution in [3.05, 3.63) is 46.3 Å². The minimum atomic E-state index is -0.444. The molecule has 1 aromatic rings. The molecule has 0 radical (unpaired) electrons. The predicted molar refractivity (Wildman–Crippen MR) is 88.9 cm³/mol. The number of rotatable bonds is 4. The molecule has 2 fully saturated rings. The number of hydrogen-bond acceptors (Lipinski definition) is 5. The predicted octanol–water partition coefficient (Wildman–Crippen LogP) is 3.89. The number of azide groups is 1. The molecule has 6 atom stereocenters. The molecule has 0 spiro atoms. The van der Waals surface area contributed by atoms with Gasteiger partial charge >= 0.3 is 0 Å². The summed E-state index contributed by atoms with van der Waals surface area (Å²) >= 11 is 1.73. The lowest BCUT2D eigenvalue weighted by Crippen LogP contribution is -2.57. The summed E-state index contributed by atoms with van der Waals surface area (Å²) in [7, 11) is 0. The van der Waals surface area contributed by atoms with Crippen LogP contribution in [-0.2, 0) is 14.2 Å². The van der Waals surface area contributed by atoms with Crippen LogP contribution in [0.5, 0.6) is 0 Å². The maximum Gasteiger partial charge on any atom is 0.184 e. The topological polar surface area (TPSA) is 76.5 Å².